The third-order valence-electron chi connectivity index (χ3n) is 6.05. The molecule has 3 amide bonds. The fourth-order valence-corrected chi connectivity index (χ4v) is 4.14. The highest BCUT2D eigenvalue weighted by molar-refractivity contribution is 6.32. The Balaban J connectivity index is 1.65. The number of rotatable bonds is 6. The maximum absolute atomic E-state index is 13.3. The lowest BCUT2D eigenvalue weighted by molar-refractivity contribution is -0.138. The summed E-state index contributed by atoms with van der Waals surface area (Å²) in [5.74, 6) is -1.16. The standard InChI is InChI=1S/C23H25F3N4O3/c1-3-20(31)29-11-9-28(10-12-29)8-4-5-18-15(2)21(32)30(22(18)33)17-7-6-16(14-27)19(13-17)23(24,25)26/h6-7,13H,3-5,8-12H2,1-2H3. The van der Waals surface area contributed by atoms with Gasteiger partial charge in [0.25, 0.3) is 11.8 Å². The maximum atomic E-state index is 13.3. The van der Waals surface area contributed by atoms with Crippen molar-refractivity contribution in [3.8, 4) is 6.07 Å². The van der Waals surface area contributed by atoms with Crippen molar-refractivity contribution in [2.75, 3.05) is 37.6 Å². The Hall–Kier alpha value is -3.19. The summed E-state index contributed by atoms with van der Waals surface area (Å²) < 4.78 is 39.9. The van der Waals surface area contributed by atoms with Crippen LogP contribution in [0.15, 0.2) is 29.3 Å². The first-order valence-electron chi connectivity index (χ1n) is 10.8. The molecule has 10 heteroatoms. The molecule has 1 fully saturated rings. The van der Waals surface area contributed by atoms with Crippen LogP contribution in [-0.2, 0) is 20.6 Å². The number of carbonyl (C=O) groups is 3. The molecule has 176 valence electrons. The van der Waals surface area contributed by atoms with Crippen LogP contribution in [0.4, 0.5) is 18.9 Å². The summed E-state index contributed by atoms with van der Waals surface area (Å²) in [7, 11) is 0. The normalized spacial score (nSPS) is 17.7. The van der Waals surface area contributed by atoms with Crippen molar-refractivity contribution in [1.82, 2.24) is 9.80 Å². The van der Waals surface area contributed by atoms with Gasteiger partial charge in [0.15, 0.2) is 0 Å². The molecule has 7 nitrogen and oxygen atoms in total. The summed E-state index contributed by atoms with van der Waals surface area (Å²) in [6.45, 7) is 6.78. The Labute approximate surface area is 190 Å². The van der Waals surface area contributed by atoms with E-state index in [1.807, 2.05) is 11.8 Å². The van der Waals surface area contributed by atoms with Crippen LogP contribution in [0.25, 0.3) is 0 Å². The minimum Gasteiger partial charge on any atom is -0.340 e. The van der Waals surface area contributed by atoms with Crippen LogP contribution in [0.1, 0.15) is 44.2 Å². The first kappa shape index (κ1) is 24.5. The molecular weight excluding hydrogens is 437 g/mol. The van der Waals surface area contributed by atoms with Gasteiger partial charge in [0.1, 0.15) is 0 Å². The van der Waals surface area contributed by atoms with Crippen LogP contribution >= 0.6 is 0 Å². The largest absolute Gasteiger partial charge is 0.417 e. The van der Waals surface area contributed by atoms with Gasteiger partial charge >= 0.3 is 6.18 Å². The number of imide groups is 1. The quantitative estimate of drug-likeness (QED) is 0.607. The summed E-state index contributed by atoms with van der Waals surface area (Å²) in [5.41, 5.74) is -1.46. The van der Waals surface area contributed by atoms with E-state index in [4.69, 9.17) is 5.26 Å². The highest BCUT2D eigenvalue weighted by atomic mass is 19.4. The third-order valence-corrected chi connectivity index (χ3v) is 6.05. The lowest BCUT2D eigenvalue weighted by Crippen LogP contribution is -2.48. The van der Waals surface area contributed by atoms with Crippen molar-refractivity contribution in [2.45, 2.75) is 39.3 Å². The van der Waals surface area contributed by atoms with Crippen molar-refractivity contribution in [1.29, 1.82) is 5.26 Å². The number of halogens is 3. The van der Waals surface area contributed by atoms with Gasteiger partial charge in [0.2, 0.25) is 5.91 Å². The average Bonchev–Trinajstić information content (AvgIpc) is 3.01. The molecule has 0 spiro atoms. The zero-order valence-electron chi connectivity index (χ0n) is 18.5. The molecule has 2 heterocycles. The third kappa shape index (κ3) is 5.09. The Kier molecular flexibility index (Phi) is 7.22. The van der Waals surface area contributed by atoms with Crippen molar-refractivity contribution >= 4 is 23.4 Å². The van der Waals surface area contributed by atoms with Gasteiger partial charge in [-0.1, -0.05) is 6.92 Å². The number of hydrogen-bond acceptors (Lipinski definition) is 5. The van der Waals surface area contributed by atoms with Crippen molar-refractivity contribution in [3.63, 3.8) is 0 Å². The lowest BCUT2D eigenvalue weighted by atomic mass is 10.1. The van der Waals surface area contributed by atoms with E-state index in [-0.39, 0.29) is 22.7 Å². The molecule has 2 aliphatic rings. The SMILES string of the molecule is CCC(=O)N1CCN(CCCC2=C(C)C(=O)N(c3ccc(C#N)c(C(F)(F)F)c3)C2=O)CC1. The summed E-state index contributed by atoms with van der Waals surface area (Å²) in [6, 6.07) is 4.30. The molecule has 33 heavy (non-hydrogen) atoms. The van der Waals surface area contributed by atoms with E-state index in [1.54, 1.807) is 0 Å². The molecular formula is C23H25F3N4O3. The van der Waals surface area contributed by atoms with E-state index in [0.717, 1.165) is 24.1 Å². The minimum absolute atomic E-state index is 0.127. The molecule has 1 aromatic carbocycles. The topological polar surface area (TPSA) is 84.7 Å². The highest BCUT2D eigenvalue weighted by Crippen LogP contribution is 2.36. The van der Waals surface area contributed by atoms with Gasteiger partial charge < -0.3 is 4.90 Å². The van der Waals surface area contributed by atoms with E-state index >= 15 is 0 Å². The second-order valence-corrected chi connectivity index (χ2v) is 8.07. The van der Waals surface area contributed by atoms with Crippen LogP contribution in [-0.4, -0.2) is 60.2 Å². The number of nitrogens with zero attached hydrogens (tertiary/aromatic N) is 4. The van der Waals surface area contributed by atoms with E-state index in [0.29, 0.717) is 45.0 Å². The van der Waals surface area contributed by atoms with Crippen molar-refractivity contribution < 1.29 is 27.6 Å². The number of piperazine rings is 1. The molecule has 3 rings (SSSR count). The van der Waals surface area contributed by atoms with Crippen LogP contribution in [0.3, 0.4) is 0 Å². The summed E-state index contributed by atoms with van der Waals surface area (Å²) in [5, 5.41) is 8.96. The smallest absolute Gasteiger partial charge is 0.340 e. The van der Waals surface area contributed by atoms with E-state index in [9.17, 15) is 27.6 Å². The molecule has 0 radical (unpaired) electrons. The molecule has 0 N–H and O–H groups in total. The number of alkyl halides is 3. The Morgan fingerprint density at radius 1 is 1.12 bits per heavy atom. The first-order valence-corrected chi connectivity index (χ1v) is 10.8. The van der Waals surface area contributed by atoms with Crippen LogP contribution in [0.5, 0.6) is 0 Å². The van der Waals surface area contributed by atoms with Gasteiger partial charge in [-0.15, -0.1) is 0 Å². The summed E-state index contributed by atoms with van der Waals surface area (Å²) in [6.07, 6.45) is -3.39. The molecule has 2 aliphatic heterocycles. The molecule has 1 aromatic rings. The number of nitriles is 1. The molecule has 0 aliphatic carbocycles. The molecule has 1 saturated heterocycles. The van der Waals surface area contributed by atoms with Crippen LogP contribution < -0.4 is 4.90 Å². The zero-order valence-corrected chi connectivity index (χ0v) is 18.5. The fraction of sp³-hybridized carbons (Fsp3) is 0.478. The summed E-state index contributed by atoms with van der Waals surface area (Å²) >= 11 is 0. The molecule has 0 atom stereocenters. The number of amides is 3. The number of anilines is 1. The van der Waals surface area contributed by atoms with Crippen molar-refractivity contribution in [3.05, 3.63) is 40.5 Å². The van der Waals surface area contributed by atoms with Crippen molar-refractivity contribution in [2.24, 2.45) is 0 Å². The second kappa shape index (κ2) is 9.75. The molecule has 0 aromatic heterocycles. The average molecular weight is 462 g/mol. The fourth-order valence-electron chi connectivity index (χ4n) is 4.14. The Morgan fingerprint density at radius 2 is 1.79 bits per heavy atom. The monoisotopic (exact) mass is 462 g/mol. The predicted octanol–water partition coefficient (Wildman–Crippen LogP) is 3.10. The number of benzene rings is 1. The van der Waals surface area contributed by atoms with Gasteiger partial charge in [-0.3, -0.25) is 19.3 Å². The first-order chi connectivity index (χ1) is 15.6. The number of carbonyl (C=O) groups excluding carboxylic acids is 3. The molecule has 0 bridgehead atoms. The minimum atomic E-state index is -4.79. The summed E-state index contributed by atoms with van der Waals surface area (Å²) in [4.78, 5) is 42.1. The van der Waals surface area contributed by atoms with Crippen LogP contribution in [0, 0.1) is 11.3 Å². The van der Waals surface area contributed by atoms with Gasteiger partial charge in [-0.2, -0.15) is 18.4 Å². The molecule has 0 unspecified atom stereocenters. The second-order valence-electron chi connectivity index (χ2n) is 8.07. The van der Waals surface area contributed by atoms with E-state index < -0.39 is 29.1 Å². The predicted molar refractivity (Wildman–Crippen MR) is 114 cm³/mol. The Bertz CT molecular complexity index is 1030. The lowest BCUT2D eigenvalue weighted by Gasteiger charge is -2.34. The Morgan fingerprint density at radius 3 is 2.36 bits per heavy atom. The maximum Gasteiger partial charge on any atom is 0.417 e. The zero-order chi connectivity index (χ0) is 24.3. The van der Waals surface area contributed by atoms with Gasteiger partial charge in [-0.05, 0) is 44.5 Å². The van der Waals surface area contributed by atoms with E-state index in [2.05, 4.69) is 4.90 Å². The van der Waals surface area contributed by atoms with E-state index in [1.165, 1.54) is 19.1 Å². The number of hydrogen-bond donors (Lipinski definition) is 0. The highest BCUT2D eigenvalue weighted by Gasteiger charge is 2.39. The van der Waals surface area contributed by atoms with Gasteiger partial charge in [0, 0.05) is 43.7 Å². The molecule has 0 saturated carbocycles. The van der Waals surface area contributed by atoms with Gasteiger partial charge in [-0.25, -0.2) is 4.90 Å². The van der Waals surface area contributed by atoms with Crippen LogP contribution in [0.2, 0.25) is 0 Å². The van der Waals surface area contributed by atoms with Gasteiger partial charge in [0.05, 0.1) is 22.9 Å².